The van der Waals surface area contributed by atoms with E-state index in [-0.39, 0.29) is 0 Å². The number of rotatable bonds is 6. The van der Waals surface area contributed by atoms with Gasteiger partial charge in [-0.15, -0.1) is 0 Å². The van der Waals surface area contributed by atoms with Crippen molar-refractivity contribution in [3.63, 3.8) is 0 Å². The maximum Gasteiger partial charge on any atom is -0.0108 e. The first kappa shape index (κ1) is 14.4. The van der Waals surface area contributed by atoms with Crippen molar-refractivity contribution in [3.05, 3.63) is 47.6 Å². The van der Waals surface area contributed by atoms with Crippen molar-refractivity contribution >= 4 is 0 Å². The summed E-state index contributed by atoms with van der Waals surface area (Å²) >= 11 is 0. The van der Waals surface area contributed by atoms with Gasteiger partial charge in [-0.3, -0.25) is 0 Å². The Balaban J connectivity index is 1.83. The fourth-order valence-electron chi connectivity index (χ4n) is 3.55. The lowest BCUT2D eigenvalue weighted by atomic mass is 9.83. The van der Waals surface area contributed by atoms with E-state index in [9.17, 15) is 0 Å². The molecular formula is C19H28. The van der Waals surface area contributed by atoms with Gasteiger partial charge >= 0.3 is 0 Å². The molecule has 1 fully saturated rings. The number of fused-ring (bicyclic) bond motifs is 2. The molecule has 0 unspecified atom stereocenters. The molecule has 0 amide bonds. The zero-order valence-corrected chi connectivity index (χ0v) is 12.8. The highest BCUT2D eigenvalue weighted by Gasteiger charge is 2.36. The maximum absolute atomic E-state index is 4.40. The highest BCUT2D eigenvalue weighted by Crippen LogP contribution is 2.47. The number of hydrogen-bond acceptors (Lipinski definition) is 0. The smallest absolute Gasteiger partial charge is 0.0108 e. The van der Waals surface area contributed by atoms with Gasteiger partial charge in [0.15, 0.2) is 0 Å². The average Bonchev–Trinajstić information content (AvgIpc) is 2.99. The van der Waals surface area contributed by atoms with Gasteiger partial charge in [-0.2, -0.15) is 0 Å². The Kier molecular flexibility index (Phi) is 4.85. The highest BCUT2D eigenvalue weighted by atomic mass is 14.4. The first-order valence-corrected chi connectivity index (χ1v) is 7.73. The maximum atomic E-state index is 4.40. The van der Waals surface area contributed by atoms with Crippen LogP contribution in [0.15, 0.2) is 47.6 Å². The topological polar surface area (TPSA) is 0 Å². The van der Waals surface area contributed by atoms with Crippen LogP contribution in [0.2, 0.25) is 0 Å². The van der Waals surface area contributed by atoms with Crippen LogP contribution in [0.3, 0.4) is 0 Å². The van der Waals surface area contributed by atoms with Crippen LogP contribution in [-0.4, -0.2) is 0 Å². The summed E-state index contributed by atoms with van der Waals surface area (Å²) in [4.78, 5) is 0. The summed E-state index contributed by atoms with van der Waals surface area (Å²) in [5, 5.41) is 0. The van der Waals surface area contributed by atoms with Crippen LogP contribution in [-0.2, 0) is 0 Å². The minimum atomic E-state index is 0.758. The molecule has 1 saturated carbocycles. The zero-order chi connectivity index (χ0) is 13.8. The highest BCUT2D eigenvalue weighted by molar-refractivity contribution is 5.23. The molecule has 2 aliphatic carbocycles. The third kappa shape index (κ3) is 3.72. The normalized spacial score (nSPS) is 28.8. The Labute approximate surface area is 119 Å². The quantitative estimate of drug-likeness (QED) is 0.524. The van der Waals surface area contributed by atoms with Crippen LogP contribution < -0.4 is 0 Å². The van der Waals surface area contributed by atoms with Crippen LogP contribution in [0.4, 0.5) is 0 Å². The summed E-state index contributed by atoms with van der Waals surface area (Å²) in [5.74, 6) is 2.41. The second-order valence-corrected chi connectivity index (χ2v) is 6.49. The van der Waals surface area contributed by atoms with E-state index in [1.165, 1.54) is 36.8 Å². The van der Waals surface area contributed by atoms with E-state index < -0.39 is 0 Å². The predicted octanol–water partition coefficient (Wildman–Crippen LogP) is 5.84. The van der Waals surface area contributed by atoms with Gasteiger partial charge in [-0.25, -0.2) is 0 Å². The Morgan fingerprint density at radius 1 is 1.26 bits per heavy atom. The van der Waals surface area contributed by atoms with Crippen molar-refractivity contribution in [3.8, 4) is 0 Å². The summed E-state index contributed by atoms with van der Waals surface area (Å²) in [7, 11) is 0. The van der Waals surface area contributed by atoms with Gasteiger partial charge in [0.1, 0.15) is 0 Å². The Morgan fingerprint density at radius 3 is 2.58 bits per heavy atom. The van der Waals surface area contributed by atoms with Gasteiger partial charge < -0.3 is 0 Å². The molecule has 2 rings (SSSR count). The largest absolute Gasteiger partial charge is 0.0992 e. The first-order valence-electron chi connectivity index (χ1n) is 7.73. The van der Waals surface area contributed by atoms with Gasteiger partial charge in [0.2, 0.25) is 0 Å². The lowest BCUT2D eigenvalue weighted by Crippen LogP contribution is -2.10. The molecule has 0 N–H and O–H groups in total. The summed E-state index contributed by atoms with van der Waals surface area (Å²) in [6.45, 7) is 10.9. The molecule has 0 spiro atoms. The lowest BCUT2D eigenvalue weighted by Gasteiger charge is -2.21. The van der Waals surface area contributed by atoms with E-state index in [4.69, 9.17) is 0 Å². The minimum absolute atomic E-state index is 0.758. The summed E-state index contributed by atoms with van der Waals surface area (Å²) in [6, 6.07) is 0. The Hall–Kier alpha value is -1.04. The Bertz CT molecular complexity index is 415. The first-order chi connectivity index (χ1) is 9.10. The fraction of sp³-hybridized carbons (Fsp3) is 0.579. The van der Waals surface area contributed by atoms with Crippen molar-refractivity contribution in [2.24, 2.45) is 17.8 Å². The number of hydrogen-bond donors (Lipinski definition) is 0. The molecule has 0 heterocycles. The van der Waals surface area contributed by atoms with Crippen molar-refractivity contribution < 1.29 is 0 Å². The molecular weight excluding hydrogens is 228 g/mol. The van der Waals surface area contributed by atoms with Gasteiger partial charge in [-0.05, 0) is 70.6 Å². The predicted molar refractivity (Wildman–Crippen MR) is 85.0 cm³/mol. The third-order valence-corrected chi connectivity index (χ3v) is 4.68. The standard InChI is InChI=1S/C19H28/c1-5-16(8-6-7-14(2)3)11-15(4)19-13-17-9-10-18(19)12-17/h5,7,9-10,17-19H,4,6,8,11-13H2,1-3H3/b16-5+/t17-,18+,19+/m0/s1. The van der Waals surface area contributed by atoms with Crippen LogP contribution in [0.1, 0.15) is 52.9 Å². The van der Waals surface area contributed by atoms with E-state index in [1.807, 2.05) is 0 Å². The van der Waals surface area contributed by atoms with E-state index in [0.29, 0.717) is 0 Å². The van der Waals surface area contributed by atoms with Crippen LogP contribution in [0.5, 0.6) is 0 Å². The molecule has 0 radical (unpaired) electrons. The number of allylic oxidation sites excluding steroid dienone is 7. The SMILES string of the molecule is C=C(C/C(=C/C)CCC=C(C)C)[C@H]1C[C@H]2C=C[C@@H]1C2. The van der Waals surface area contributed by atoms with Crippen molar-refractivity contribution in [2.75, 3.05) is 0 Å². The average molecular weight is 256 g/mol. The van der Waals surface area contributed by atoms with Gasteiger partial charge in [-0.1, -0.05) is 47.6 Å². The van der Waals surface area contributed by atoms with E-state index in [2.05, 4.69) is 51.7 Å². The van der Waals surface area contributed by atoms with Gasteiger partial charge in [0.05, 0.1) is 0 Å². The molecule has 0 heteroatoms. The molecule has 0 aliphatic heterocycles. The Morgan fingerprint density at radius 2 is 2.05 bits per heavy atom. The van der Waals surface area contributed by atoms with E-state index >= 15 is 0 Å². The summed E-state index contributed by atoms with van der Waals surface area (Å²) in [6.07, 6.45) is 15.7. The molecule has 0 aromatic carbocycles. The van der Waals surface area contributed by atoms with Crippen molar-refractivity contribution in [2.45, 2.75) is 52.9 Å². The molecule has 104 valence electrons. The molecule has 2 aliphatic rings. The van der Waals surface area contributed by atoms with Crippen molar-refractivity contribution in [1.82, 2.24) is 0 Å². The van der Waals surface area contributed by atoms with Gasteiger partial charge in [0, 0.05) is 0 Å². The third-order valence-electron chi connectivity index (χ3n) is 4.68. The van der Waals surface area contributed by atoms with E-state index in [1.54, 1.807) is 5.57 Å². The molecule has 19 heavy (non-hydrogen) atoms. The molecule has 3 atom stereocenters. The fourth-order valence-corrected chi connectivity index (χ4v) is 3.55. The molecule has 0 aromatic rings. The van der Waals surface area contributed by atoms with Gasteiger partial charge in [0.25, 0.3) is 0 Å². The lowest BCUT2D eigenvalue weighted by molar-refractivity contribution is 0.510. The molecule has 0 aromatic heterocycles. The summed E-state index contributed by atoms with van der Waals surface area (Å²) < 4.78 is 0. The van der Waals surface area contributed by atoms with Crippen LogP contribution >= 0.6 is 0 Å². The van der Waals surface area contributed by atoms with Crippen LogP contribution in [0, 0.1) is 17.8 Å². The monoisotopic (exact) mass is 256 g/mol. The van der Waals surface area contributed by atoms with Crippen molar-refractivity contribution in [1.29, 1.82) is 0 Å². The van der Waals surface area contributed by atoms with Crippen LogP contribution in [0.25, 0.3) is 0 Å². The second kappa shape index (κ2) is 6.41. The molecule has 0 saturated heterocycles. The molecule has 0 nitrogen and oxygen atoms in total. The minimum Gasteiger partial charge on any atom is -0.0992 e. The molecule has 2 bridgehead atoms. The summed E-state index contributed by atoms with van der Waals surface area (Å²) in [5.41, 5.74) is 4.46. The van der Waals surface area contributed by atoms with E-state index in [0.717, 1.165) is 24.2 Å². The second-order valence-electron chi connectivity index (χ2n) is 6.49. The zero-order valence-electron chi connectivity index (χ0n) is 12.8.